The first-order valence-corrected chi connectivity index (χ1v) is 10.4. The normalized spacial score (nSPS) is 11.2. The van der Waals surface area contributed by atoms with Crippen LogP contribution in [0.5, 0.6) is 0 Å². The molecule has 150 valence electrons. The number of nitro benzene ring substituents is 1. The minimum Gasteiger partial charge on any atom is -0.324 e. The van der Waals surface area contributed by atoms with E-state index in [1.54, 1.807) is 20.8 Å². The van der Waals surface area contributed by atoms with Gasteiger partial charge in [0.05, 0.1) is 22.6 Å². The van der Waals surface area contributed by atoms with Crippen molar-refractivity contribution in [1.29, 1.82) is 0 Å². The number of amides is 1. The molecule has 0 bridgehead atoms. The summed E-state index contributed by atoms with van der Waals surface area (Å²) in [6, 6.07) is 7.82. The van der Waals surface area contributed by atoms with Crippen LogP contribution in [0.15, 0.2) is 30.3 Å². The molecule has 2 aromatic carbocycles. The maximum Gasteiger partial charge on any atom is 0.271 e. The van der Waals surface area contributed by atoms with Gasteiger partial charge in [0.1, 0.15) is 6.54 Å². The molecule has 2 rings (SSSR count). The minimum absolute atomic E-state index is 0.161. The summed E-state index contributed by atoms with van der Waals surface area (Å²) in [5.41, 5.74) is 3.66. The fourth-order valence-corrected chi connectivity index (χ4v) is 4.08. The molecule has 0 spiro atoms. The molecule has 8 nitrogen and oxygen atoms in total. The zero-order chi connectivity index (χ0) is 21.2. The van der Waals surface area contributed by atoms with Crippen LogP contribution in [-0.2, 0) is 14.8 Å². The lowest BCUT2D eigenvalue weighted by molar-refractivity contribution is -0.384. The van der Waals surface area contributed by atoms with Gasteiger partial charge in [-0.25, -0.2) is 8.42 Å². The summed E-state index contributed by atoms with van der Waals surface area (Å²) in [7, 11) is -3.73. The Balaban J connectivity index is 2.36. The van der Waals surface area contributed by atoms with Crippen LogP contribution in [0.3, 0.4) is 0 Å². The number of carbonyl (C=O) groups is 1. The van der Waals surface area contributed by atoms with Crippen molar-refractivity contribution in [2.24, 2.45) is 0 Å². The molecule has 2 aromatic rings. The molecule has 1 amide bonds. The number of anilines is 2. The first-order chi connectivity index (χ1) is 12.9. The number of benzene rings is 2. The predicted molar refractivity (Wildman–Crippen MR) is 109 cm³/mol. The Morgan fingerprint density at radius 2 is 1.64 bits per heavy atom. The topological polar surface area (TPSA) is 110 Å². The van der Waals surface area contributed by atoms with Crippen molar-refractivity contribution in [2.75, 3.05) is 22.4 Å². The van der Waals surface area contributed by atoms with Crippen LogP contribution < -0.4 is 9.62 Å². The first-order valence-electron chi connectivity index (χ1n) is 8.50. The van der Waals surface area contributed by atoms with E-state index in [2.05, 4.69) is 5.32 Å². The second-order valence-corrected chi connectivity index (χ2v) is 8.73. The Labute approximate surface area is 164 Å². The van der Waals surface area contributed by atoms with Crippen LogP contribution in [0.2, 0.25) is 0 Å². The Hall–Kier alpha value is -2.94. The predicted octanol–water partition coefficient (Wildman–Crippen LogP) is 3.23. The highest BCUT2D eigenvalue weighted by molar-refractivity contribution is 7.92. The van der Waals surface area contributed by atoms with E-state index in [1.807, 2.05) is 19.1 Å². The van der Waals surface area contributed by atoms with Crippen LogP contribution in [0.25, 0.3) is 0 Å². The van der Waals surface area contributed by atoms with Crippen molar-refractivity contribution >= 4 is 33.0 Å². The molecule has 0 saturated carbocycles. The van der Waals surface area contributed by atoms with Crippen LogP contribution in [0.4, 0.5) is 17.1 Å². The summed E-state index contributed by atoms with van der Waals surface area (Å²) in [6.45, 7) is 6.74. The van der Waals surface area contributed by atoms with Crippen molar-refractivity contribution in [3.63, 3.8) is 0 Å². The van der Waals surface area contributed by atoms with E-state index >= 15 is 0 Å². The third kappa shape index (κ3) is 4.86. The number of aryl methyl sites for hydroxylation is 4. The number of rotatable bonds is 6. The van der Waals surface area contributed by atoms with Gasteiger partial charge in [-0.15, -0.1) is 0 Å². The van der Waals surface area contributed by atoms with Gasteiger partial charge in [-0.3, -0.25) is 19.2 Å². The average molecular weight is 405 g/mol. The molecule has 0 heterocycles. The fourth-order valence-electron chi connectivity index (χ4n) is 3.11. The lowest BCUT2D eigenvalue weighted by atomic mass is 10.1. The number of nitrogens with one attached hydrogen (secondary N) is 1. The van der Waals surface area contributed by atoms with Crippen molar-refractivity contribution in [3.05, 3.63) is 62.7 Å². The fraction of sp³-hybridized carbons (Fsp3) is 0.316. The number of nitro groups is 1. The molecule has 0 unspecified atom stereocenters. The van der Waals surface area contributed by atoms with Gasteiger partial charge < -0.3 is 5.32 Å². The van der Waals surface area contributed by atoms with E-state index < -0.39 is 27.4 Å². The van der Waals surface area contributed by atoms with Gasteiger partial charge >= 0.3 is 0 Å². The molecule has 9 heteroatoms. The third-order valence-corrected chi connectivity index (χ3v) is 5.39. The molecule has 0 aromatic heterocycles. The lowest BCUT2D eigenvalue weighted by Gasteiger charge is -2.26. The van der Waals surface area contributed by atoms with Gasteiger partial charge in [0.15, 0.2) is 0 Å². The van der Waals surface area contributed by atoms with Crippen molar-refractivity contribution in [1.82, 2.24) is 0 Å². The van der Waals surface area contributed by atoms with E-state index in [4.69, 9.17) is 0 Å². The second-order valence-electron chi connectivity index (χ2n) is 6.82. The van der Waals surface area contributed by atoms with Crippen molar-refractivity contribution in [3.8, 4) is 0 Å². The first kappa shape index (κ1) is 21.4. The maximum absolute atomic E-state index is 12.6. The quantitative estimate of drug-likeness (QED) is 0.586. The number of hydrogen-bond donors (Lipinski definition) is 1. The van der Waals surface area contributed by atoms with Gasteiger partial charge in [-0.1, -0.05) is 23.8 Å². The SMILES string of the molecule is Cc1cc(C)c(N(CC(=O)Nc2cc([N+](=O)[O-])ccc2C)S(C)(=O)=O)c(C)c1. The van der Waals surface area contributed by atoms with E-state index in [-0.39, 0.29) is 11.4 Å². The molecule has 0 fully saturated rings. The minimum atomic E-state index is -3.73. The molecule has 0 atom stereocenters. The molecule has 1 N–H and O–H groups in total. The van der Waals surface area contributed by atoms with Gasteiger partial charge in [0.2, 0.25) is 15.9 Å². The van der Waals surface area contributed by atoms with E-state index in [0.717, 1.165) is 27.3 Å². The van der Waals surface area contributed by atoms with Gasteiger partial charge in [0, 0.05) is 12.1 Å². The van der Waals surface area contributed by atoms with E-state index in [9.17, 15) is 23.3 Å². The van der Waals surface area contributed by atoms with Crippen LogP contribution >= 0.6 is 0 Å². The highest BCUT2D eigenvalue weighted by atomic mass is 32.2. The van der Waals surface area contributed by atoms with Crippen molar-refractivity contribution < 1.29 is 18.1 Å². The number of carbonyl (C=O) groups excluding carboxylic acids is 1. The third-order valence-electron chi connectivity index (χ3n) is 4.28. The Morgan fingerprint density at radius 1 is 1.07 bits per heavy atom. The number of nitrogens with zero attached hydrogens (tertiary/aromatic N) is 2. The number of non-ortho nitro benzene ring substituents is 1. The largest absolute Gasteiger partial charge is 0.324 e. The summed E-state index contributed by atoms with van der Waals surface area (Å²) < 4.78 is 25.8. The number of sulfonamides is 1. The average Bonchev–Trinajstić information content (AvgIpc) is 2.54. The highest BCUT2D eigenvalue weighted by Crippen LogP contribution is 2.28. The van der Waals surface area contributed by atoms with Gasteiger partial charge in [-0.05, 0) is 44.4 Å². The molecular formula is C19H23N3O5S. The molecular weight excluding hydrogens is 382 g/mol. The molecule has 0 aliphatic heterocycles. The molecule has 0 radical (unpaired) electrons. The molecule has 0 aliphatic rings. The zero-order valence-electron chi connectivity index (χ0n) is 16.4. The summed E-state index contributed by atoms with van der Waals surface area (Å²) >= 11 is 0. The summed E-state index contributed by atoms with van der Waals surface area (Å²) in [6.07, 6.45) is 1.04. The Morgan fingerprint density at radius 3 is 2.14 bits per heavy atom. The molecule has 28 heavy (non-hydrogen) atoms. The molecule has 0 aliphatic carbocycles. The smallest absolute Gasteiger partial charge is 0.271 e. The summed E-state index contributed by atoms with van der Waals surface area (Å²) in [5, 5.41) is 13.5. The zero-order valence-corrected chi connectivity index (χ0v) is 17.3. The maximum atomic E-state index is 12.6. The summed E-state index contributed by atoms with van der Waals surface area (Å²) in [4.78, 5) is 23.0. The van der Waals surface area contributed by atoms with Crippen molar-refractivity contribution in [2.45, 2.75) is 27.7 Å². The van der Waals surface area contributed by atoms with Crippen LogP contribution in [0, 0.1) is 37.8 Å². The van der Waals surface area contributed by atoms with Gasteiger partial charge in [-0.2, -0.15) is 0 Å². The Bertz CT molecular complexity index is 1020. The van der Waals surface area contributed by atoms with E-state index in [0.29, 0.717) is 11.3 Å². The lowest BCUT2D eigenvalue weighted by Crippen LogP contribution is -2.38. The summed E-state index contributed by atoms with van der Waals surface area (Å²) in [5.74, 6) is -0.589. The van der Waals surface area contributed by atoms with Crippen LogP contribution in [0.1, 0.15) is 22.3 Å². The second kappa shape index (κ2) is 7.97. The number of hydrogen-bond acceptors (Lipinski definition) is 5. The van der Waals surface area contributed by atoms with Crippen LogP contribution in [-0.4, -0.2) is 32.0 Å². The Kier molecular flexibility index (Phi) is 6.08. The standard InChI is InChI=1S/C19H23N3O5S/c1-12-8-14(3)19(15(4)9-12)21(28(5,26)27)11-18(23)20-17-10-16(22(24)25)7-6-13(17)2/h6-10H,11H2,1-5H3,(H,20,23). The molecule has 0 saturated heterocycles. The highest BCUT2D eigenvalue weighted by Gasteiger charge is 2.24. The van der Waals surface area contributed by atoms with Gasteiger partial charge in [0.25, 0.3) is 5.69 Å². The van der Waals surface area contributed by atoms with E-state index in [1.165, 1.54) is 18.2 Å². The monoisotopic (exact) mass is 405 g/mol.